The molecule has 0 aliphatic carbocycles. The summed E-state index contributed by atoms with van der Waals surface area (Å²) in [5.74, 6) is 1.32. The molecule has 3 rings (SSSR count). The molecule has 7 heteroatoms. The lowest BCUT2D eigenvalue weighted by Gasteiger charge is -2.17. The molecule has 0 fully saturated rings. The summed E-state index contributed by atoms with van der Waals surface area (Å²) in [6.45, 7) is 0.663. The number of amides is 1. The summed E-state index contributed by atoms with van der Waals surface area (Å²) in [7, 11) is 1.72. The van der Waals surface area contributed by atoms with Crippen LogP contribution in [0, 0.1) is 10.1 Å². The zero-order chi connectivity index (χ0) is 17.1. The van der Waals surface area contributed by atoms with Crippen LogP contribution in [0.15, 0.2) is 42.5 Å². The highest BCUT2D eigenvalue weighted by Gasteiger charge is 2.16. The Morgan fingerprint density at radius 1 is 1.12 bits per heavy atom. The Kier molecular flexibility index (Phi) is 4.33. The van der Waals surface area contributed by atoms with Gasteiger partial charge in [0.05, 0.1) is 11.3 Å². The molecule has 0 saturated heterocycles. The van der Waals surface area contributed by atoms with E-state index in [-0.39, 0.29) is 24.8 Å². The van der Waals surface area contributed by atoms with Crippen molar-refractivity contribution < 1.29 is 19.2 Å². The maximum Gasteiger partial charge on any atom is 0.269 e. The van der Waals surface area contributed by atoms with E-state index in [1.165, 1.54) is 12.1 Å². The van der Waals surface area contributed by atoms with Crippen molar-refractivity contribution in [2.24, 2.45) is 0 Å². The first-order chi connectivity index (χ1) is 11.5. The number of carbonyl (C=O) groups excluding carboxylic acids is 1. The van der Waals surface area contributed by atoms with Crippen LogP contribution in [-0.4, -0.2) is 29.6 Å². The number of nitrogens with zero attached hydrogens (tertiary/aromatic N) is 2. The summed E-state index contributed by atoms with van der Waals surface area (Å²) in [6, 6.07) is 11.6. The maximum atomic E-state index is 12.3. The van der Waals surface area contributed by atoms with Crippen molar-refractivity contribution in [1.29, 1.82) is 0 Å². The molecule has 0 spiro atoms. The zero-order valence-electron chi connectivity index (χ0n) is 13.1. The van der Waals surface area contributed by atoms with Gasteiger partial charge in [-0.05, 0) is 23.3 Å². The summed E-state index contributed by atoms with van der Waals surface area (Å²) < 4.78 is 10.6. The number of carbonyl (C=O) groups is 1. The number of rotatable bonds is 5. The highest BCUT2D eigenvalue weighted by Crippen LogP contribution is 2.32. The van der Waals surface area contributed by atoms with Gasteiger partial charge in [0.15, 0.2) is 11.5 Å². The first kappa shape index (κ1) is 15.8. The number of nitro benzene ring substituents is 1. The van der Waals surface area contributed by atoms with E-state index < -0.39 is 4.92 Å². The van der Waals surface area contributed by atoms with Gasteiger partial charge in [-0.25, -0.2) is 0 Å². The van der Waals surface area contributed by atoms with Crippen LogP contribution in [0.2, 0.25) is 0 Å². The van der Waals surface area contributed by atoms with E-state index in [9.17, 15) is 14.9 Å². The van der Waals surface area contributed by atoms with Crippen LogP contribution in [0.1, 0.15) is 11.1 Å². The second-order valence-electron chi connectivity index (χ2n) is 5.54. The fraction of sp³-hybridized carbons (Fsp3) is 0.235. The average Bonchev–Trinajstić information content (AvgIpc) is 3.03. The molecule has 0 bridgehead atoms. The van der Waals surface area contributed by atoms with Crippen LogP contribution in [0.4, 0.5) is 5.69 Å². The summed E-state index contributed by atoms with van der Waals surface area (Å²) in [5.41, 5.74) is 1.70. The summed E-state index contributed by atoms with van der Waals surface area (Å²) in [5, 5.41) is 10.6. The van der Waals surface area contributed by atoms with Crippen molar-refractivity contribution in [1.82, 2.24) is 4.90 Å². The van der Waals surface area contributed by atoms with Crippen molar-refractivity contribution in [3.63, 3.8) is 0 Å². The minimum Gasteiger partial charge on any atom is -0.454 e. The molecule has 124 valence electrons. The molecular weight excluding hydrogens is 312 g/mol. The number of non-ortho nitro benzene ring substituents is 1. The van der Waals surface area contributed by atoms with Crippen molar-refractivity contribution in [3.8, 4) is 11.5 Å². The number of hydrogen-bond acceptors (Lipinski definition) is 5. The largest absolute Gasteiger partial charge is 0.454 e. The lowest BCUT2D eigenvalue weighted by molar-refractivity contribution is -0.384. The number of hydrogen-bond donors (Lipinski definition) is 0. The molecule has 0 atom stereocenters. The zero-order valence-corrected chi connectivity index (χ0v) is 13.1. The Morgan fingerprint density at radius 2 is 1.79 bits per heavy atom. The Balaban J connectivity index is 1.61. The predicted molar refractivity (Wildman–Crippen MR) is 85.8 cm³/mol. The van der Waals surface area contributed by atoms with E-state index in [4.69, 9.17) is 9.47 Å². The minimum absolute atomic E-state index is 0.0138. The number of ether oxygens (including phenoxy) is 2. The van der Waals surface area contributed by atoms with Gasteiger partial charge in [-0.15, -0.1) is 0 Å². The van der Waals surface area contributed by atoms with Crippen LogP contribution in [0.3, 0.4) is 0 Å². The molecule has 0 radical (unpaired) electrons. The molecule has 1 heterocycles. The summed E-state index contributed by atoms with van der Waals surface area (Å²) in [4.78, 5) is 24.1. The van der Waals surface area contributed by atoms with Gasteiger partial charge in [0.1, 0.15) is 0 Å². The third-order valence-electron chi connectivity index (χ3n) is 3.78. The molecule has 1 amide bonds. The topological polar surface area (TPSA) is 81.9 Å². The van der Waals surface area contributed by atoms with Crippen molar-refractivity contribution in [2.45, 2.75) is 13.0 Å². The Hall–Kier alpha value is -3.09. The van der Waals surface area contributed by atoms with Crippen molar-refractivity contribution in [3.05, 3.63) is 63.7 Å². The van der Waals surface area contributed by atoms with Gasteiger partial charge in [0.25, 0.3) is 5.69 Å². The van der Waals surface area contributed by atoms with E-state index in [2.05, 4.69) is 0 Å². The molecule has 2 aromatic rings. The molecule has 1 aliphatic heterocycles. The van der Waals surface area contributed by atoms with Crippen LogP contribution in [-0.2, 0) is 17.8 Å². The predicted octanol–water partition coefficient (Wildman–Crippen LogP) is 2.52. The van der Waals surface area contributed by atoms with Crippen LogP contribution >= 0.6 is 0 Å². The molecular formula is C17H16N2O5. The maximum absolute atomic E-state index is 12.3. The molecule has 2 aromatic carbocycles. The SMILES string of the molecule is CN(Cc1ccc2c(c1)OCO2)C(=O)Cc1ccc([N+](=O)[O-])cc1. The Morgan fingerprint density at radius 3 is 2.50 bits per heavy atom. The van der Waals surface area contributed by atoms with Crippen LogP contribution in [0.25, 0.3) is 0 Å². The van der Waals surface area contributed by atoms with Gasteiger partial charge in [-0.1, -0.05) is 18.2 Å². The minimum atomic E-state index is -0.461. The van der Waals surface area contributed by atoms with Gasteiger partial charge < -0.3 is 14.4 Å². The van der Waals surface area contributed by atoms with Gasteiger partial charge in [0.2, 0.25) is 12.7 Å². The van der Waals surface area contributed by atoms with Gasteiger partial charge in [0, 0.05) is 25.7 Å². The van der Waals surface area contributed by atoms with Crippen molar-refractivity contribution in [2.75, 3.05) is 13.8 Å². The molecule has 0 N–H and O–H groups in total. The number of likely N-dealkylation sites (N-methyl/N-ethyl adjacent to an activating group) is 1. The Bertz CT molecular complexity index is 773. The van der Waals surface area contributed by atoms with Gasteiger partial charge in [-0.3, -0.25) is 14.9 Å². The number of fused-ring (bicyclic) bond motifs is 1. The van der Waals surface area contributed by atoms with Crippen LogP contribution < -0.4 is 9.47 Å². The van der Waals surface area contributed by atoms with E-state index in [1.807, 2.05) is 18.2 Å². The highest BCUT2D eigenvalue weighted by molar-refractivity contribution is 5.78. The standard InChI is InChI=1S/C17H16N2O5/c1-18(10-13-4-7-15-16(8-13)24-11-23-15)17(20)9-12-2-5-14(6-3-12)19(21)22/h2-8H,9-11H2,1H3. The fourth-order valence-electron chi connectivity index (χ4n) is 2.45. The molecule has 0 aromatic heterocycles. The number of benzene rings is 2. The van der Waals surface area contributed by atoms with E-state index in [0.717, 1.165) is 11.1 Å². The first-order valence-electron chi connectivity index (χ1n) is 7.39. The second kappa shape index (κ2) is 6.57. The Labute approximate surface area is 138 Å². The van der Waals surface area contributed by atoms with Gasteiger partial charge >= 0.3 is 0 Å². The molecule has 1 aliphatic rings. The molecule has 0 unspecified atom stereocenters. The summed E-state index contributed by atoms with van der Waals surface area (Å²) >= 11 is 0. The molecule has 24 heavy (non-hydrogen) atoms. The highest BCUT2D eigenvalue weighted by atomic mass is 16.7. The van der Waals surface area contributed by atoms with Gasteiger partial charge in [-0.2, -0.15) is 0 Å². The smallest absolute Gasteiger partial charge is 0.269 e. The third-order valence-corrected chi connectivity index (χ3v) is 3.78. The van der Waals surface area contributed by atoms with E-state index in [0.29, 0.717) is 18.0 Å². The lowest BCUT2D eigenvalue weighted by Crippen LogP contribution is -2.27. The van der Waals surface area contributed by atoms with E-state index in [1.54, 1.807) is 24.1 Å². The second-order valence-corrected chi connectivity index (χ2v) is 5.54. The average molecular weight is 328 g/mol. The first-order valence-corrected chi connectivity index (χ1v) is 7.39. The normalized spacial score (nSPS) is 12.0. The monoisotopic (exact) mass is 328 g/mol. The number of nitro groups is 1. The van der Waals surface area contributed by atoms with Crippen molar-refractivity contribution >= 4 is 11.6 Å². The fourth-order valence-corrected chi connectivity index (χ4v) is 2.45. The van der Waals surface area contributed by atoms with E-state index >= 15 is 0 Å². The lowest BCUT2D eigenvalue weighted by atomic mass is 10.1. The third kappa shape index (κ3) is 3.45. The molecule has 7 nitrogen and oxygen atoms in total. The summed E-state index contributed by atoms with van der Waals surface area (Å²) in [6.07, 6.45) is 0.193. The quantitative estimate of drug-likeness (QED) is 0.622. The molecule has 0 saturated carbocycles. The van der Waals surface area contributed by atoms with Crippen LogP contribution in [0.5, 0.6) is 11.5 Å².